The van der Waals surface area contributed by atoms with Gasteiger partial charge in [0.2, 0.25) is 0 Å². The average Bonchev–Trinajstić information content (AvgIpc) is 2.56. The predicted octanol–water partition coefficient (Wildman–Crippen LogP) is 1.25. The summed E-state index contributed by atoms with van der Waals surface area (Å²) in [7, 11) is 0. The number of aromatic nitrogens is 2. The van der Waals surface area contributed by atoms with Gasteiger partial charge in [0.15, 0.2) is 5.69 Å². The second kappa shape index (κ2) is 3.30. The molecule has 0 aliphatic rings. The maximum atomic E-state index is 10.8. The Balaban J connectivity index is 2.76. The number of aromatic carboxylic acids is 1. The molecule has 0 spiro atoms. The number of pyridine rings is 1. The third kappa shape index (κ3) is 1.38. The summed E-state index contributed by atoms with van der Waals surface area (Å²) in [5.41, 5.74) is 0.132. The monoisotopic (exact) mass is 221 g/mol. The highest BCUT2D eigenvalue weighted by molar-refractivity contribution is 5.93. The van der Waals surface area contributed by atoms with Crippen molar-refractivity contribution < 1.29 is 14.8 Å². The smallest absolute Gasteiger partial charge is 0.356 e. The number of carboxylic acid groups (broad SMARTS) is 1. The van der Waals surface area contributed by atoms with Gasteiger partial charge >= 0.3 is 5.97 Å². The number of hydrogen-bond donors (Lipinski definition) is 1. The predicted molar refractivity (Wildman–Crippen MR) is 53.5 cm³/mol. The molecule has 0 saturated heterocycles. The van der Waals surface area contributed by atoms with Crippen molar-refractivity contribution in [2.45, 2.75) is 6.92 Å². The Bertz CT molecular complexity index is 602. The molecule has 1 N–H and O–H groups in total. The quantitative estimate of drug-likeness (QED) is 0.607. The van der Waals surface area contributed by atoms with Crippen LogP contribution >= 0.6 is 0 Å². The molecule has 0 unspecified atom stereocenters. The molecule has 82 valence electrons. The molecule has 7 heteroatoms. The maximum Gasteiger partial charge on any atom is 0.356 e. The fraction of sp³-hybridized carbons (Fsp3) is 0.111. The summed E-state index contributed by atoms with van der Waals surface area (Å²) in [5, 5.41) is 19.4. The van der Waals surface area contributed by atoms with Crippen LogP contribution in [0, 0.1) is 17.0 Å². The van der Waals surface area contributed by atoms with Crippen molar-refractivity contribution in [2.75, 3.05) is 0 Å². The van der Waals surface area contributed by atoms with Crippen LogP contribution in [0.4, 0.5) is 5.69 Å². The Labute approximate surface area is 89.1 Å². The van der Waals surface area contributed by atoms with Gasteiger partial charge in [0, 0.05) is 6.07 Å². The van der Waals surface area contributed by atoms with Gasteiger partial charge in [-0.25, -0.2) is 9.78 Å². The number of imidazole rings is 1. The van der Waals surface area contributed by atoms with Crippen molar-refractivity contribution in [1.82, 2.24) is 9.38 Å². The molecule has 2 rings (SSSR count). The minimum atomic E-state index is -1.15. The van der Waals surface area contributed by atoms with E-state index in [0.29, 0.717) is 11.3 Å². The highest BCUT2D eigenvalue weighted by Gasteiger charge is 2.16. The first-order chi connectivity index (χ1) is 7.50. The first kappa shape index (κ1) is 10.1. The number of nitro groups is 1. The second-order valence-corrected chi connectivity index (χ2v) is 3.21. The van der Waals surface area contributed by atoms with Crippen LogP contribution in [0.2, 0.25) is 0 Å². The molecular formula is C9H7N3O4. The molecule has 2 aromatic heterocycles. The van der Waals surface area contributed by atoms with Crippen molar-refractivity contribution in [1.29, 1.82) is 0 Å². The van der Waals surface area contributed by atoms with E-state index >= 15 is 0 Å². The van der Waals surface area contributed by atoms with E-state index in [-0.39, 0.29) is 11.4 Å². The lowest BCUT2D eigenvalue weighted by Gasteiger charge is -1.96. The number of carbonyl (C=O) groups is 1. The number of rotatable bonds is 2. The van der Waals surface area contributed by atoms with Gasteiger partial charge in [-0.2, -0.15) is 0 Å². The van der Waals surface area contributed by atoms with Crippen LogP contribution in [0.5, 0.6) is 0 Å². The average molecular weight is 221 g/mol. The van der Waals surface area contributed by atoms with Gasteiger partial charge in [-0.05, 0) is 13.0 Å². The normalized spacial score (nSPS) is 10.6. The lowest BCUT2D eigenvalue weighted by atomic mass is 10.3. The summed E-state index contributed by atoms with van der Waals surface area (Å²) in [6.07, 6.45) is 1.25. The van der Waals surface area contributed by atoms with Gasteiger partial charge in [0.05, 0.1) is 16.6 Å². The van der Waals surface area contributed by atoms with E-state index in [4.69, 9.17) is 5.11 Å². The van der Waals surface area contributed by atoms with Crippen molar-refractivity contribution in [3.63, 3.8) is 0 Å². The van der Waals surface area contributed by atoms with Crippen LogP contribution in [0.1, 0.15) is 16.3 Å². The van der Waals surface area contributed by atoms with Gasteiger partial charge in [-0.1, -0.05) is 0 Å². The summed E-state index contributed by atoms with van der Waals surface area (Å²) in [4.78, 5) is 24.7. The number of aryl methyl sites for hydroxylation is 1. The highest BCUT2D eigenvalue weighted by atomic mass is 16.6. The SMILES string of the molecule is Cc1nc(C(=O)O)c2ccc([N+](=O)[O-])cn12. The summed E-state index contributed by atoms with van der Waals surface area (Å²) < 4.78 is 1.39. The van der Waals surface area contributed by atoms with Gasteiger partial charge < -0.3 is 5.11 Å². The number of nitrogens with zero attached hydrogens (tertiary/aromatic N) is 3. The van der Waals surface area contributed by atoms with E-state index < -0.39 is 10.9 Å². The Morgan fingerprint density at radius 3 is 2.81 bits per heavy atom. The largest absolute Gasteiger partial charge is 0.476 e. The number of hydrogen-bond acceptors (Lipinski definition) is 4. The molecule has 0 aliphatic heterocycles. The zero-order valence-corrected chi connectivity index (χ0v) is 8.25. The minimum absolute atomic E-state index is 0.104. The van der Waals surface area contributed by atoms with Crippen molar-refractivity contribution in [2.24, 2.45) is 0 Å². The van der Waals surface area contributed by atoms with Crippen molar-refractivity contribution >= 4 is 17.2 Å². The van der Waals surface area contributed by atoms with Crippen LogP contribution in [0.25, 0.3) is 5.52 Å². The molecule has 2 aromatic rings. The lowest BCUT2D eigenvalue weighted by Crippen LogP contribution is -1.97. The molecule has 0 bridgehead atoms. The summed E-state index contributed by atoms with van der Waals surface area (Å²) in [6, 6.07) is 2.63. The van der Waals surface area contributed by atoms with Gasteiger partial charge in [0.1, 0.15) is 5.82 Å². The number of carboxylic acids is 1. The first-order valence-electron chi connectivity index (χ1n) is 4.37. The van der Waals surface area contributed by atoms with Crippen LogP contribution in [-0.2, 0) is 0 Å². The molecule has 2 heterocycles. The second-order valence-electron chi connectivity index (χ2n) is 3.21. The van der Waals surface area contributed by atoms with Crippen molar-refractivity contribution in [3.05, 3.63) is 40.0 Å². The molecule has 0 saturated carbocycles. The van der Waals surface area contributed by atoms with E-state index in [9.17, 15) is 14.9 Å². The van der Waals surface area contributed by atoms with Crippen LogP contribution in [0.15, 0.2) is 18.3 Å². The van der Waals surface area contributed by atoms with Crippen LogP contribution in [-0.4, -0.2) is 25.4 Å². The Kier molecular flexibility index (Phi) is 2.08. The first-order valence-corrected chi connectivity index (χ1v) is 4.37. The van der Waals surface area contributed by atoms with E-state index in [2.05, 4.69) is 4.98 Å². The molecule has 0 fully saturated rings. The summed E-state index contributed by atoms with van der Waals surface area (Å²) >= 11 is 0. The topological polar surface area (TPSA) is 97.7 Å². The molecule has 16 heavy (non-hydrogen) atoms. The van der Waals surface area contributed by atoms with E-state index in [1.54, 1.807) is 6.92 Å². The van der Waals surface area contributed by atoms with Crippen molar-refractivity contribution in [3.8, 4) is 0 Å². The molecule has 0 radical (unpaired) electrons. The van der Waals surface area contributed by atoms with Gasteiger partial charge in [-0.3, -0.25) is 14.5 Å². The standard InChI is InChI=1S/C9H7N3O4/c1-5-10-8(9(13)14)7-3-2-6(12(15)16)4-11(5)7/h2-4H,1H3,(H,13,14). The van der Waals surface area contributed by atoms with Gasteiger partial charge in [0.25, 0.3) is 5.69 Å². The molecule has 0 amide bonds. The van der Waals surface area contributed by atoms with Crippen LogP contribution in [0.3, 0.4) is 0 Å². The zero-order valence-electron chi connectivity index (χ0n) is 8.25. The third-order valence-corrected chi connectivity index (χ3v) is 2.21. The minimum Gasteiger partial charge on any atom is -0.476 e. The van der Waals surface area contributed by atoms with Gasteiger partial charge in [-0.15, -0.1) is 0 Å². The Hall–Kier alpha value is -2.44. The molecule has 0 atom stereocenters. The highest BCUT2D eigenvalue weighted by Crippen LogP contribution is 2.18. The Morgan fingerprint density at radius 2 is 2.25 bits per heavy atom. The summed E-state index contributed by atoms with van der Waals surface area (Å²) in [5.74, 6) is -0.754. The lowest BCUT2D eigenvalue weighted by molar-refractivity contribution is -0.385. The van der Waals surface area contributed by atoms with E-state index in [1.807, 2.05) is 0 Å². The molecule has 0 aromatic carbocycles. The summed E-state index contributed by atoms with van der Waals surface area (Å²) in [6.45, 7) is 1.59. The maximum absolute atomic E-state index is 10.8. The van der Waals surface area contributed by atoms with E-state index in [0.717, 1.165) is 0 Å². The Morgan fingerprint density at radius 1 is 1.56 bits per heavy atom. The molecular weight excluding hydrogens is 214 g/mol. The van der Waals surface area contributed by atoms with E-state index in [1.165, 1.54) is 22.7 Å². The fourth-order valence-electron chi connectivity index (χ4n) is 1.49. The van der Waals surface area contributed by atoms with Crippen LogP contribution < -0.4 is 0 Å². The zero-order chi connectivity index (χ0) is 11.9. The molecule has 0 aliphatic carbocycles. The number of fused-ring (bicyclic) bond motifs is 1. The molecule has 7 nitrogen and oxygen atoms in total. The fourth-order valence-corrected chi connectivity index (χ4v) is 1.49. The third-order valence-electron chi connectivity index (χ3n) is 2.21.